The predicted octanol–water partition coefficient (Wildman–Crippen LogP) is 1.96. The minimum absolute atomic E-state index is 0.0607. The third kappa shape index (κ3) is 5.47. The molecule has 2 aromatic carbocycles. The normalized spacial score (nSPS) is 10.6. The third-order valence-corrected chi connectivity index (χ3v) is 3.67. The van der Waals surface area contributed by atoms with Crippen LogP contribution in [0.5, 0.6) is 5.75 Å². The summed E-state index contributed by atoms with van der Waals surface area (Å²) in [5, 5.41) is 6.70. The Morgan fingerprint density at radius 3 is 2.88 bits per heavy atom. The molecule has 7 heteroatoms. The predicted molar refractivity (Wildman–Crippen MR) is 97.7 cm³/mol. The van der Waals surface area contributed by atoms with Crippen LogP contribution in [0.25, 0.3) is 0 Å². The minimum Gasteiger partial charge on any atom is -0.489 e. The fraction of sp³-hybridized carbons (Fsp3) is 0.176. The van der Waals surface area contributed by atoms with Gasteiger partial charge in [-0.2, -0.15) is 0 Å². The quantitative estimate of drug-likeness (QED) is 0.415. The van der Waals surface area contributed by atoms with Crippen molar-refractivity contribution in [3.63, 3.8) is 0 Å². The first kappa shape index (κ1) is 18.2. The first-order valence-corrected chi connectivity index (χ1v) is 8.17. The van der Waals surface area contributed by atoms with Gasteiger partial charge in [0.15, 0.2) is 6.21 Å². The summed E-state index contributed by atoms with van der Waals surface area (Å²) >= 11 is 11.0. The van der Waals surface area contributed by atoms with Crippen LogP contribution < -0.4 is 20.6 Å². The Bertz CT molecular complexity index is 719. The van der Waals surface area contributed by atoms with Gasteiger partial charge in [-0.05, 0) is 49.5 Å². The number of hydrogen-bond acceptors (Lipinski definition) is 2. The van der Waals surface area contributed by atoms with Crippen LogP contribution in [0, 0.1) is 5.82 Å². The summed E-state index contributed by atoms with van der Waals surface area (Å²) in [5.41, 5.74) is 4.04. The van der Waals surface area contributed by atoms with E-state index in [0.717, 1.165) is 12.1 Å². The highest BCUT2D eigenvalue weighted by Gasteiger charge is 2.08. The Labute approximate surface area is 150 Å². The monoisotopic (exact) mass is 366 g/mol. The average Bonchev–Trinajstić information content (AvgIpc) is 2.55. The highest BCUT2D eigenvalue weighted by Crippen LogP contribution is 2.21. The summed E-state index contributed by atoms with van der Waals surface area (Å²) in [5.74, 6) is 0.229. The van der Waals surface area contributed by atoms with Crippen LogP contribution in [0.3, 0.4) is 0 Å². The van der Waals surface area contributed by atoms with Crippen LogP contribution in [0.1, 0.15) is 18.1 Å². The molecular formula is C17H18ClFN3OS+. The smallest absolute Gasteiger partial charge is 0.223 e. The Hall–Kier alpha value is -2.18. The van der Waals surface area contributed by atoms with Gasteiger partial charge in [-0.3, -0.25) is 0 Å². The van der Waals surface area contributed by atoms with E-state index in [1.165, 1.54) is 6.07 Å². The lowest BCUT2D eigenvalue weighted by Gasteiger charge is -2.08. The van der Waals surface area contributed by atoms with Crippen molar-refractivity contribution < 1.29 is 14.2 Å². The van der Waals surface area contributed by atoms with Crippen LogP contribution in [0.4, 0.5) is 4.39 Å². The van der Waals surface area contributed by atoms with Gasteiger partial charge in [0.05, 0.1) is 5.02 Å². The van der Waals surface area contributed by atoms with E-state index in [-0.39, 0.29) is 12.4 Å². The van der Waals surface area contributed by atoms with E-state index in [2.05, 4.69) is 15.8 Å². The summed E-state index contributed by atoms with van der Waals surface area (Å²) in [6, 6.07) is 11.9. The molecule has 0 saturated heterocycles. The zero-order valence-electron chi connectivity index (χ0n) is 13.1. The topological polar surface area (TPSA) is 47.3 Å². The molecule has 2 rings (SSSR count). The van der Waals surface area contributed by atoms with E-state index < -0.39 is 0 Å². The summed E-state index contributed by atoms with van der Waals surface area (Å²) in [6.45, 7) is 2.76. The van der Waals surface area contributed by atoms with E-state index in [9.17, 15) is 4.39 Å². The maximum atomic E-state index is 13.7. The molecule has 2 aromatic rings. The van der Waals surface area contributed by atoms with Gasteiger partial charge < -0.3 is 10.1 Å². The van der Waals surface area contributed by atoms with Crippen molar-refractivity contribution in [3.05, 3.63) is 64.4 Å². The standard InChI is InChI=1S/C17H17ClFN3OS/c1-2-20-17(24)22-21-10-12-5-3-6-13(9-12)23-11-14-15(18)7-4-8-16(14)19/h3-10H,2,11H2,1H3,(H2,20,22,24)/p+1. The Morgan fingerprint density at radius 1 is 1.33 bits per heavy atom. The van der Waals surface area contributed by atoms with Gasteiger partial charge >= 0.3 is 0 Å². The number of hydrazone groups is 1. The van der Waals surface area contributed by atoms with Crippen molar-refractivity contribution in [2.24, 2.45) is 0 Å². The second kappa shape index (κ2) is 9.20. The van der Waals surface area contributed by atoms with Crippen LogP contribution >= 0.6 is 23.8 Å². The molecule has 4 nitrogen and oxygen atoms in total. The molecule has 0 aliphatic rings. The Morgan fingerprint density at radius 2 is 2.12 bits per heavy atom. The number of thiocarbonyl (C=S) groups is 1. The molecule has 0 atom stereocenters. The number of hydrogen-bond donors (Lipinski definition) is 3. The number of benzene rings is 2. The molecular weight excluding hydrogens is 349 g/mol. The van der Waals surface area contributed by atoms with Crippen molar-refractivity contribution in [2.75, 3.05) is 6.54 Å². The molecule has 0 radical (unpaired) electrons. The number of ether oxygens (including phenoxy) is 1. The number of hydrazine groups is 1. The second-order valence-corrected chi connectivity index (χ2v) is 5.65. The summed E-state index contributed by atoms with van der Waals surface area (Å²) in [7, 11) is 0. The Balaban J connectivity index is 1.98. The van der Waals surface area contributed by atoms with Crippen molar-refractivity contribution >= 4 is 35.1 Å². The lowest BCUT2D eigenvalue weighted by molar-refractivity contribution is -0.500. The SMILES string of the molecule is CCNC(=S)N[NH+]=Cc1cccc(OCc2c(F)cccc2Cl)c1. The van der Waals surface area contributed by atoms with E-state index in [0.29, 0.717) is 21.4 Å². The van der Waals surface area contributed by atoms with Gasteiger partial charge in [0, 0.05) is 17.7 Å². The van der Waals surface area contributed by atoms with Gasteiger partial charge in [-0.15, -0.1) is 10.5 Å². The first-order valence-electron chi connectivity index (χ1n) is 7.38. The maximum absolute atomic E-state index is 13.7. The molecule has 0 aliphatic heterocycles. The van der Waals surface area contributed by atoms with Crippen molar-refractivity contribution in [3.8, 4) is 5.75 Å². The van der Waals surface area contributed by atoms with Crippen LogP contribution in [-0.4, -0.2) is 17.9 Å². The van der Waals surface area contributed by atoms with E-state index in [4.69, 9.17) is 28.6 Å². The summed E-state index contributed by atoms with van der Waals surface area (Å²) < 4.78 is 19.4. The number of halogens is 2. The van der Waals surface area contributed by atoms with Crippen molar-refractivity contribution in [1.82, 2.24) is 10.7 Å². The second-order valence-electron chi connectivity index (χ2n) is 4.83. The largest absolute Gasteiger partial charge is 0.489 e. The summed E-state index contributed by atoms with van der Waals surface area (Å²) in [4.78, 5) is 0. The zero-order chi connectivity index (χ0) is 17.4. The van der Waals surface area contributed by atoms with Crippen molar-refractivity contribution in [2.45, 2.75) is 13.5 Å². The van der Waals surface area contributed by atoms with Crippen molar-refractivity contribution in [1.29, 1.82) is 0 Å². The fourth-order valence-corrected chi connectivity index (χ4v) is 2.33. The lowest BCUT2D eigenvalue weighted by Crippen LogP contribution is -2.82. The number of nitrogens with one attached hydrogen (secondary N) is 3. The van der Waals surface area contributed by atoms with Crippen LogP contribution in [-0.2, 0) is 6.61 Å². The highest BCUT2D eigenvalue weighted by molar-refractivity contribution is 7.80. The Kier molecular flexibility index (Phi) is 6.96. The molecule has 0 amide bonds. The maximum Gasteiger partial charge on any atom is 0.223 e. The number of rotatable bonds is 6. The molecule has 0 bridgehead atoms. The lowest BCUT2D eigenvalue weighted by atomic mass is 10.2. The molecule has 0 fully saturated rings. The van der Waals surface area contributed by atoms with Gasteiger partial charge in [0.25, 0.3) is 0 Å². The molecule has 0 saturated carbocycles. The van der Waals surface area contributed by atoms with Gasteiger partial charge in [-0.25, -0.2) is 4.39 Å². The van der Waals surface area contributed by atoms with E-state index in [1.807, 2.05) is 25.1 Å². The van der Waals surface area contributed by atoms with Crippen LogP contribution in [0.15, 0.2) is 42.5 Å². The third-order valence-electron chi connectivity index (χ3n) is 3.06. The highest BCUT2D eigenvalue weighted by atomic mass is 35.5. The van der Waals surface area contributed by atoms with Gasteiger partial charge in [0.2, 0.25) is 5.11 Å². The fourth-order valence-electron chi connectivity index (χ4n) is 1.91. The molecule has 0 unspecified atom stereocenters. The van der Waals surface area contributed by atoms with E-state index in [1.54, 1.807) is 24.4 Å². The molecule has 24 heavy (non-hydrogen) atoms. The van der Waals surface area contributed by atoms with E-state index >= 15 is 0 Å². The molecule has 0 spiro atoms. The zero-order valence-corrected chi connectivity index (χ0v) is 14.7. The molecule has 0 aromatic heterocycles. The molecule has 3 N–H and O–H groups in total. The molecule has 126 valence electrons. The van der Waals surface area contributed by atoms with Gasteiger partial charge in [-0.1, -0.05) is 23.7 Å². The summed E-state index contributed by atoms with van der Waals surface area (Å²) in [6.07, 6.45) is 1.74. The van der Waals surface area contributed by atoms with Crippen LogP contribution in [0.2, 0.25) is 5.02 Å². The molecule has 0 heterocycles. The first-order chi connectivity index (χ1) is 11.6. The minimum atomic E-state index is -0.381. The van der Waals surface area contributed by atoms with Gasteiger partial charge in [0.1, 0.15) is 18.2 Å². The molecule has 0 aliphatic carbocycles. The average molecular weight is 367 g/mol.